The summed E-state index contributed by atoms with van der Waals surface area (Å²) in [5.41, 5.74) is 19.8. The summed E-state index contributed by atoms with van der Waals surface area (Å²) in [7, 11) is 11.2. The molecule has 6 unspecified atom stereocenters. The van der Waals surface area contributed by atoms with E-state index >= 15 is 0 Å². The molecule has 1 aliphatic heterocycles. The second kappa shape index (κ2) is 15.5. The molecule has 1 saturated heterocycles. The summed E-state index contributed by atoms with van der Waals surface area (Å²) in [6.07, 6.45) is 22.5. The lowest BCUT2D eigenvalue weighted by atomic mass is 9.79. The van der Waals surface area contributed by atoms with E-state index < -0.39 is 0 Å². The normalized spacial score (nSPS) is 29.6. The SMILES string of the molecule is CNC1CCc2cc3c(cc2C1)CCC(N1CN(C2CCc4cc5c(cc4C2)CCC(N(C)C)C5)CN(C2CCc4cc5c(cc4C2)CCC(N(C)C)C5)C1)C3. The van der Waals surface area contributed by atoms with Crippen molar-refractivity contribution in [2.75, 3.05) is 55.2 Å². The van der Waals surface area contributed by atoms with Gasteiger partial charge in [-0.1, -0.05) is 36.4 Å². The molecule has 0 saturated carbocycles. The van der Waals surface area contributed by atoms with Gasteiger partial charge in [0, 0.05) is 36.3 Å². The number of hydrogen-bond donors (Lipinski definition) is 1. The fourth-order valence-corrected chi connectivity index (χ4v) is 12.6. The Kier molecular flexibility index (Phi) is 10.5. The molecule has 6 heteroatoms. The van der Waals surface area contributed by atoms with Gasteiger partial charge in [0.05, 0.1) is 20.0 Å². The van der Waals surface area contributed by atoms with Gasteiger partial charge in [-0.2, -0.15) is 0 Å². The third-order valence-electron chi connectivity index (χ3n) is 16.3. The minimum absolute atomic E-state index is 0.625. The highest BCUT2D eigenvalue weighted by molar-refractivity contribution is 5.45. The van der Waals surface area contributed by atoms with Crippen LogP contribution in [0.25, 0.3) is 0 Å². The first-order valence-corrected chi connectivity index (χ1v) is 22.9. The summed E-state index contributed by atoms with van der Waals surface area (Å²) >= 11 is 0. The second-order valence-corrected chi connectivity index (χ2v) is 20.0. The molecule has 1 heterocycles. The van der Waals surface area contributed by atoms with Crippen LogP contribution in [0.15, 0.2) is 36.4 Å². The molecule has 1 fully saturated rings. The molecular weight excluding hydrogens is 685 g/mol. The van der Waals surface area contributed by atoms with Gasteiger partial charge in [0.25, 0.3) is 0 Å². The fraction of sp³-hybridized carbons (Fsp3) is 0.640. The molecule has 0 bridgehead atoms. The molecule has 7 aliphatic rings. The molecule has 300 valence electrons. The van der Waals surface area contributed by atoms with E-state index in [1.54, 1.807) is 66.8 Å². The van der Waals surface area contributed by atoms with Crippen molar-refractivity contribution in [2.24, 2.45) is 0 Å². The summed E-state index contributed by atoms with van der Waals surface area (Å²) in [4.78, 5) is 13.8. The number of rotatable bonds is 6. The predicted octanol–water partition coefficient (Wildman–Crippen LogP) is 6.37. The van der Waals surface area contributed by atoms with Crippen LogP contribution >= 0.6 is 0 Å². The molecule has 6 aliphatic carbocycles. The molecule has 0 radical (unpaired) electrons. The molecule has 56 heavy (non-hydrogen) atoms. The lowest BCUT2D eigenvalue weighted by Gasteiger charge is -2.52. The molecule has 10 rings (SSSR count). The van der Waals surface area contributed by atoms with Gasteiger partial charge in [-0.25, -0.2) is 0 Å². The van der Waals surface area contributed by atoms with Gasteiger partial charge >= 0.3 is 0 Å². The molecule has 3 aromatic rings. The van der Waals surface area contributed by atoms with Crippen molar-refractivity contribution in [1.82, 2.24) is 29.8 Å². The molecule has 1 N–H and O–H groups in total. The first-order valence-electron chi connectivity index (χ1n) is 22.9. The fourth-order valence-electron chi connectivity index (χ4n) is 12.6. The van der Waals surface area contributed by atoms with E-state index in [9.17, 15) is 0 Å². The Morgan fingerprint density at radius 1 is 0.393 bits per heavy atom. The average Bonchev–Trinajstić information content (AvgIpc) is 3.22. The van der Waals surface area contributed by atoms with E-state index in [4.69, 9.17) is 0 Å². The Morgan fingerprint density at radius 3 is 1.04 bits per heavy atom. The monoisotopic (exact) mass is 755 g/mol. The smallest absolute Gasteiger partial charge is 0.0536 e. The topological polar surface area (TPSA) is 28.2 Å². The number of likely N-dealkylation sites (N-methyl/N-ethyl adjacent to an activating group) is 3. The number of hydrogen-bond acceptors (Lipinski definition) is 6. The van der Waals surface area contributed by atoms with Gasteiger partial charge in [0.1, 0.15) is 0 Å². The Morgan fingerprint density at radius 2 is 0.696 bits per heavy atom. The minimum atomic E-state index is 0.625. The van der Waals surface area contributed by atoms with Crippen molar-refractivity contribution in [3.05, 3.63) is 103 Å². The highest BCUT2D eigenvalue weighted by atomic mass is 15.5. The molecule has 6 nitrogen and oxygen atoms in total. The first kappa shape index (κ1) is 37.7. The summed E-state index contributed by atoms with van der Waals surface area (Å²) in [6, 6.07) is 19.8. The van der Waals surface area contributed by atoms with Crippen LogP contribution in [-0.4, -0.2) is 116 Å². The highest BCUT2D eigenvalue weighted by Crippen LogP contribution is 2.37. The largest absolute Gasteiger partial charge is 0.317 e. The molecule has 3 aromatic carbocycles. The Balaban J connectivity index is 0.900. The molecule has 0 spiro atoms. The Hall–Kier alpha value is -2.58. The van der Waals surface area contributed by atoms with Gasteiger partial charge in [0.15, 0.2) is 0 Å². The lowest BCUT2D eigenvalue weighted by molar-refractivity contribution is -0.0908. The highest BCUT2D eigenvalue weighted by Gasteiger charge is 2.39. The maximum Gasteiger partial charge on any atom is 0.0536 e. The van der Waals surface area contributed by atoms with Crippen LogP contribution < -0.4 is 5.32 Å². The first-order chi connectivity index (χ1) is 27.2. The zero-order chi connectivity index (χ0) is 38.1. The maximum atomic E-state index is 3.57. The van der Waals surface area contributed by atoms with E-state index in [2.05, 4.69) is 101 Å². The Labute approximate surface area is 339 Å². The average molecular weight is 755 g/mol. The molecule has 0 aromatic heterocycles. The maximum absolute atomic E-state index is 3.57. The molecule has 0 amide bonds. The van der Waals surface area contributed by atoms with E-state index in [-0.39, 0.29) is 0 Å². The second-order valence-electron chi connectivity index (χ2n) is 20.0. The number of aryl methyl sites for hydroxylation is 6. The van der Waals surface area contributed by atoms with Gasteiger partial charge in [-0.3, -0.25) is 14.7 Å². The van der Waals surface area contributed by atoms with Crippen LogP contribution in [0, 0.1) is 0 Å². The zero-order valence-electron chi connectivity index (χ0n) is 35.5. The van der Waals surface area contributed by atoms with E-state index in [0.29, 0.717) is 36.3 Å². The number of nitrogens with one attached hydrogen (secondary N) is 1. The van der Waals surface area contributed by atoms with Crippen LogP contribution in [0.3, 0.4) is 0 Å². The van der Waals surface area contributed by atoms with Crippen molar-refractivity contribution in [2.45, 2.75) is 152 Å². The van der Waals surface area contributed by atoms with Crippen LogP contribution in [0.1, 0.15) is 105 Å². The third kappa shape index (κ3) is 7.34. The standard InChI is InChI=1S/C50H70N6/c1-51-45-12-6-33-19-42-27-48(15-9-36(42)18-39(33)24-45)54-30-55(49-16-10-37-20-40-25-46(52(2)3)13-7-34(40)22-43(37)28-49)32-56(31-54)50-17-11-38-21-41-26-47(53(4)5)14-8-35(41)23-44(38)29-50/h18-23,45-51H,6-17,24-32H2,1-5H3. The van der Waals surface area contributed by atoms with Crippen LogP contribution in [0.4, 0.5) is 0 Å². The van der Waals surface area contributed by atoms with Crippen LogP contribution in [0.2, 0.25) is 0 Å². The molecular formula is C50H70N6. The van der Waals surface area contributed by atoms with Crippen molar-refractivity contribution < 1.29 is 0 Å². The third-order valence-corrected chi connectivity index (χ3v) is 16.3. The van der Waals surface area contributed by atoms with Crippen LogP contribution in [0.5, 0.6) is 0 Å². The number of fused-ring (bicyclic) bond motifs is 6. The van der Waals surface area contributed by atoms with Crippen molar-refractivity contribution in [3.63, 3.8) is 0 Å². The van der Waals surface area contributed by atoms with Gasteiger partial charge in [-0.15, -0.1) is 0 Å². The van der Waals surface area contributed by atoms with Gasteiger partial charge < -0.3 is 15.1 Å². The van der Waals surface area contributed by atoms with E-state index in [1.807, 2.05) is 0 Å². The summed E-state index contributed by atoms with van der Waals surface area (Å²) in [5.74, 6) is 0. The van der Waals surface area contributed by atoms with Crippen molar-refractivity contribution in [3.8, 4) is 0 Å². The quantitative estimate of drug-likeness (QED) is 0.315. The minimum Gasteiger partial charge on any atom is -0.317 e. The summed E-state index contributed by atoms with van der Waals surface area (Å²) < 4.78 is 0. The summed E-state index contributed by atoms with van der Waals surface area (Å²) in [6.45, 7) is 3.39. The van der Waals surface area contributed by atoms with Crippen LogP contribution in [-0.2, 0) is 77.0 Å². The van der Waals surface area contributed by atoms with Crippen molar-refractivity contribution >= 4 is 0 Å². The lowest BCUT2D eigenvalue weighted by Crippen LogP contribution is -2.63. The van der Waals surface area contributed by atoms with E-state index in [0.717, 1.165) is 20.0 Å². The number of benzene rings is 3. The predicted molar refractivity (Wildman–Crippen MR) is 231 cm³/mol. The molecule has 6 atom stereocenters. The van der Waals surface area contributed by atoms with E-state index in [1.165, 1.54) is 116 Å². The number of nitrogens with zero attached hydrogens (tertiary/aromatic N) is 5. The zero-order valence-corrected chi connectivity index (χ0v) is 35.5. The summed E-state index contributed by atoms with van der Waals surface area (Å²) in [5, 5.41) is 3.57. The van der Waals surface area contributed by atoms with Gasteiger partial charge in [0.2, 0.25) is 0 Å². The van der Waals surface area contributed by atoms with Crippen molar-refractivity contribution in [1.29, 1.82) is 0 Å². The van der Waals surface area contributed by atoms with Gasteiger partial charge in [-0.05, 0) is 218 Å². The Bertz CT molecular complexity index is 1840.